The van der Waals surface area contributed by atoms with E-state index < -0.39 is 47.5 Å². The van der Waals surface area contributed by atoms with E-state index in [0.717, 1.165) is 11.1 Å². The summed E-state index contributed by atoms with van der Waals surface area (Å²) in [7, 11) is 0. The summed E-state index contributed by atoms with van der Waals surface area (Å²) in [5.41, 5.74) is 7.10. The molecule has 2 rings (SSSR count). The fourth-order valence-electron chi connectivity index (χ4n) is 4.04. The summed E-state index contributed by atoms with van der Waals surface area (Å²) in [4.78, 5) is 65.1. The first kappa shape index (κ1) is 31.6. The van der Waals surface area contributed by atoms with Crippen LogP contribution in [0.25, 0.3) is 0 Å². The SMILES string of the molecule is CCOC(=O)CCNC(=O)C(c1ccc(C)c(C)c1)N(C(=O)C(CCC(N)=O)NC(=O)OC(C)(C)C)C1CC1. The van der Waals surface area contributed by atoms with Crippen molar-refractivity contribution in [3.8, 4) is 0 Å². The molecule has 39 heavy (non-hydrogen) atoms. The predicted octanol–water partition coefficient (Wildman–Crippen LogP) is 2.56. The number of alkyl carbamates (subject to hydrolysis) is 1. The first-order valence-corrected chi connectivity index (χ1v) is 13.3. The summed E-state index contributed by atoms with van der Waals surface area (Å²) < 4.78 is 10.3. The van der Waals surface area contributed by atoms with E-state index in [9.17, 15) is 24.0 Å². The van der Waals surface area contributed by atoms with Gasteiger partial charge in [0.05, 0.1) is 13.0 Å². The third-order valence-corrected chi connectivity index (χ3v) is 6.17. The van der Waals surface area contributed by atoms with Gasteiger partial charge in [-0.2, -0.15) is 0 Å². The second-order valence-electron chi connectivity index (χ2n) is 10.8. The predicted molar refractivity (Wildman–Crippen MR) is 144 cm³/mol. The Bertz CT molecular complexity index is 1060. The number of hydrogen-bond acceptors (Lipinski definition) is 7. The van der Waals surface area contributed by atoms with Crippen molar-refractivity contribution in [1.29, 1.82) is 0 Å². The number of rotatable bonds is 13. The van der Waals surface area contributed by atoms with Crippen LogP contribution < -0.4 is 16.4 Å². The van der Waals surface area contributed by atoms with Crippen molar-refractivity contribution in [3.05, 3.63) is 34.9 Å². The summed E-state index contributed by atoms with van der Waals surface area (Å²) in [6.07, 6.45) is 0.322. The average molecular weight is 547 g/mol. The third-order valence-electron chi connectivity index (χ3n) is 6.17. The van der Waals surface area contributed by atoms with Crippen molar-refractivity contribution in [2.75, 3.05) is 13.2 Å². The molecule has 1 aromatic rings. The monoisotopic (exact) mass is 546 g/mol. The molecule has 11 nitrogen and oxygen atoms in total. The lowest BCUT2D eigenvalue weighted by atomic mass is 9.97. The average Bonchev–Trinajstić information content (AvgIpc) is 3.65. The van der Waals surface area contributed by atoms with Crippen LogP contribution in [0, 0.1) is 13.8 Å². The van der Waals surface area contributed by atoms with Crippen LogP contribution in [0.3, 0.4) is 0 Å². The van der Waals surface area contributed by atoms with E-state index in [2.05, 4.69) is 10.6 Å². The minimum atomic E-state index is -1.14. The molecule has 0 bridgehead atoms. The number of nitrogens with one attached hydrogen (secondary N) is 2. The minimum absolute atomic E-state index is 0.0158. The first-order valence-electron chi connectivity index (χ1n) is 13.3. The summed E-state index contributed by atoms with van der Waals surface area (Å²) in [5.74, 6) is -2.05. The Balaban J connectivity index is 2.42. The Labute approximate surface area is 230 Å². The molecule has 0 saturated heterocycles. The van der Waals surface area contributed by atoms with E-state index in [1.54, 1.807) is 33.8 Å². The second kappa shape index (κ2) is 14.0. The lowest BCUT2D eigenvalue weighted by molar-refractivity contribution is -0.145. The molecular weight excluding hydrogens is 504 g/mol. The van der Waals surface area contributed by atoms with Crippen LogP contribution in [0.1, 0.15) is 82.5 Å². The fraction of sp³-hybridized carbons (Fsp3) is 0.607. The molecular formula is C28H42N4O7. The van der Waals surface area contributed by atoms with Crippen molar-refractivity contribution in [2.45, 2.75) is 97.4 Å². The van der Waals surface area contributed by atoms with Crippen LogP contribution in [-0.4, -0.2) is 65.5 Å². The van der Waals surface area contributed by atoms with Crippen molar-refractivity contribution in [1.82, 2.24) is 15.5 Å². The Morgan fingerprint density at radius 3 is 2.28 bits per heavy atom. The minimum Gasteiger partial charge on any atom is -0.466 e. The first-order chi connectivity index (χ1) is 18.2. The smallest absolute Gasteiger partial charge is 0.408 e. The zero-order chi connectivity index (χ0) is 29.3. The van der Waals surface area contributed by atoms with Crippen LogP contribution in [0.15, 0.2) is 18.2 Å². The summed E-state index contributed by atoms with van der Waals surface area (Å²) in [6.45, 7) is 10.9. The van der Waals surface area contributed by atoms with Crippen LogP contribution in [-0.2, 0) is 28.7 Å². The largest absolute Gasteiger partial charge is 0.466 e. The van der Waals surface area contributed by atoms with Crippen molar-refractivity contribution in [2.24, 2.45) is 5.73 Å². The zero-order valence-electron chi connectivity index (χ0n) is 23.8. The highest BCUT2D eigenvalue weighted by molar-refractivity contribution is 5.93. The quantitative estimate of drug-likeness (QED) is 0.321. The molecule has 0 aliphatic heterocycles. The van der Waals surface area contributed by atoms with Gasteiger partial charge in [-0.25, -0.2) is 4.79 Å². The topological polar surface area (TPSA) is 157 Å². The van der Waals surface area contributed by atoms with Gasteiger partial charge in [-0.05, 0) is 77.5 Å². The van der Waals surface area contributed by atoms with Crippen molar-refractivity contribution >= 4 is 29.8 Å². The number of amides is 4. The van der Waals surface area contributed by atoms with Gasteiger partial charge in [0.15, 0.2) is 0 Å². The Morgan fingerprint density at radius 2 is 1.74 bits per heavy atom. The maximum atomic E-state index is 14.0. The van der Waals surface area contributed by atoms with Crippen LogP contribution in [0.4, 0.5) is 4.79 Å². The molecule has 0 aromatic heterocycles. The number of nitrogens with two attached hydrogens (primary N) is 1. The van der Waals surface area contributed by atoms with Crippen LogP contribution >= 0.6 is 0 Å². The number of primary amides is 1. The highest BCUT2D eigenvalue weighted by atomic mass is 16.6. The van der Waals surface area contributed by atoms with Gasteiger partial charge in [-0.1, -0.05) is 18.2 Å². The van der Waals surface area contributed by atoms with Gasteiger partial charge in [0, 0.05) is 19.0 Å². The van der Waals surface area contributed by atoms with E-state index >= 15 is 0 Å². The fourth-order valence-corrected chi connectivity index (χ4v) is 4.04. The molecule has 4 amide bonds. The molecule has 1 aliphatic rings. The number of nitrogens with zero attached hydrogens (tertiary/aromatic N) is 1. The van der Waals surface area contributed by atoms with E-state index in [4.69, 9.17) is 15.2 Å². The standard InChI is InChI=1S/C28H42N4O7/c1-7-38-23(34)14-15-30-25(35)24(19-9-8-17(2)18(3)16-19)32(20-10-11-20)26(36)21(12-13-22(29)33)31-27(37)39-28(4,5)6/h8-9,16,20-21,24H,7,10-15H2,1-6H3,(H2,29,33)(H,30,35)(H,31,37). The van der Waals surface area contributed by atoms with Gasteiger partial charge in [0.2, 0.25) is 17.7 Å². The number of hydrogen-bond donors (Lipinski definition) is 3. The van der Waals surface area contributed by atoms with E-state index in [1.807, 2.05) is 26.0 Å². The highest BCUT2D eigenvalue weighted by Crippen LogP contribution is 2.36. The molecule has 11 heteroatoms. The molecule has 2 unspecified atom stereocenters. The maximum absolute atomic E-state index is 14.0. The van der Waals surface area contributed by atoms with Gasteiger partial charge in [-0.15, -0.1) is 0 Å². The number of esters is 1. The summed E-state index contributed by atoms with van der Waals surface area (Å²) in [5, 5.41) is 5.34. The Morgan fingerprint density at radius 1 is 1.08 bits per heavy atom. The highest BCUT2D eigenvalue weighted by Gasteiger charge is 2.44. The van der Waals surface area contributed by atoms with Crippen LogP contribution in [0.5, 0.6) is 0 Å². The molecule has 4 N–H and O–H groups in total. The maximum Gasteiger partial charge on any atom is 0.408 e. The van der Waals surface area contributed by atoms with Crippen LogP contribution in [0.2, 0.25) is 0 Å². The van der Waals surface area contributed by atoms with Crippen molar-refractivity contribution < 1.29 is 33.4 Å². The molecule has 1 fully saturated rings. The molecule has 1 saturated carbocycles. The van der Waals surface area contributed by atoms with Gasteiger partial charge >= 0.3 is 12.1 Å². The molecule has 0 heterocycles. The summed E-state index contributed by atoms with van der Waals surface area (Å²) in [6, 6.07) is 3.12. The molecule has 1 aromatic carbocycles. The number of carbonyl (C=O) groups excluding carboxylic acids is 5. The Hall–Kier alpha value is -3.63. The zero-order valence-corrected chi connectivity index (χ0v) is 23.8. The second-order valence-corrected chi connectivity index (χ2v) is 10.8. The number of ether oxygens (including phenoxy) is 2. The number of aryl methyl sites for hydroxylation is 2. The van der Waals surface area contributed by atoms with E-state index in [-0.39, 0.29) is 38.5 Å². The molecule has 2 atom stereocenters. The molecule has 216 valence electrons. The Kier molecular flexibility index (Phi) is 11.3. The number of carbonyl (C=O) groups is 5. The van der Waals surface area contributed by atoms with E-state index in [1.165, 1.54) is 4.90 Å². The van der Waals surface area contributed by atoms with Gasteiger partial charge in [0.25, 0.3) is 0 Å². The molecule has 0 spiro atoms. The number of benzene rings is 1. The van der Waals surface area contributed by atoms with Gasteiger partial charge < -0.3 is 30.7 Å². The molecule has 0 radical (unpaired) electrons. The lowest BCUT2D eigenvalue weighted by Crippen LogP contribution is -2.54. The molecule has 1 aliphatic carbocycles. The van der Waals surface area contributed by atoms with Gasteiger partial charge in [-0.3, -0.25) is 19.2 Å². The third kappa shape index (κ3) is 10.2. The lowest BCUT2D eigenvalue weighted by Gasteiger charge is -2.35. The summed E-state index contributed by atoms with van der Waals surface area (Å²) >= 11 is 0. The van der Waals surface area contributed by atoms with Crippen molar-refractivity contribution in [3.63, 3.8) is 0 Å². The van der Waals surface area contributed by atoms with E-state index in [0.29, 0.717) is 18.4 Å². The normalized spacial score (nSPS) is 14.5. The van der Waals surface area contributed by atoms with Gasteiger partial charge in [0.1, 0.15) is 17.7 Å².